The first-order valence-electron chi connectivity index (χ1n) is 6.56. The third kappa shape index (κ3) is 4.79. The van der Waals surface area contributed by atoms with Crippen LogP contribution >= 0.6 is 24.0 Å². The number of nitrogens with two attached hydrogens (primary N) is 1. The lowest BCUT2D eigenvalue weighted by Gasteiger charge is -2.33. The van der Waals surface area contributed by atoms with Gasteiger partial charge in [-0.3, -0.25) is 0 Å². The largest absolute Gasteiger partial charge is 0.324 e. The zero-order chi connectivity index (χ0) is 14.8. The number of rotatable bonds is 4. The second kappa shape index (κ2) is 7.24. The van der Waals surface area contributed by atoms with Gasteiger partial charge >= 0.3 is 0 Å². The van der Waals surface area contributed by atoms with Crippen molar-refractivity contribution in [3.05, 3.63) is 29.0 Å². The van der Waals surface area contributed by atoms with Gasteiger partial charge in [0, 0.05) is 12.1 Å². The molecule has 0 aromatic heterocycles. The van der Waals surface area contributed by atoms with Gasteiger partial charge in [0.25, 0.3) is 0 Å². The second-order valence-electron chi connectivity index (χ2n) is 5.32. The molecule has 0 radical (unpaired) electrons. The summed E-state index contributed by atoms with van der Waals surface area (Å²) in [4.78, 5) is -0.251. The zero-order valence-corrected chi connectivity index (χ0v) is 13.8. The molecule has 1 aromatic rings. The van der Waals surface area contributed by atoms with E-state index in [2.05, 4.69) is 4.72 Å². The summed E-state index contributed by atoms with van der Waals surface area (Å²) in [6, 6.07) is 3.26. The van der Waals surface area contributed by atoms with Crippen LogP contribution in [-0.2, 0) is 10.0 Å². The Kier molecular flexibility index (Phi) is 6.43. The van der Waals surface area contributed by atoms with E-state index in [0.717, 1.165) is 44.2 Å². The SMILES string of the molecule is Cl.NC1(CNS(=O)(=O)c2cc(F)ccc2Cl)CCCCC1. The number of hydrogen-bond acceptors (Lipinski definition) is 3. The van der Waals surface area contributed by atoms with E-state index in [1.165, 1.54) is 6.07 Å². The van der Waals surface area contributed by atoms with Crippen molar-refractivity contribution in [2.75, 3.05) is 6.54 Å². The van der Waals surface area contributed by atoms with Gasteiger partial charge in [0.1, 0.15) is 10.7 Å². The highest BCUT2D eigenvalue weighted by Gasteiger charge is 2.30. The first-order valence-corrected chi connectivity index (χ1v) is 8.42. The Morgan fingerprint density at radius 1 is 1.29 bits per heavy atom. The molecule has 0 spiro atoms. The minimum Gasteiger partial charge on any atom is -0.324 e. The standard InChI is InChI=1S/C13H18ClFN2O2S.ClH/c14-11-5-4-10(15)8-12(11)20(18,19)17-9-13(16)6-2-1-3-7-13;/h4-5,8,17H,1-3,6-7,9,16H2;1H. The minimum atomic E-state index is -3.85. The van der Waals surface area contributed by atoms with E-state index in [4.69, 9.17) is 17.3 Å². The van der Waals surface area contributed by atoms with Gasteiger partial charge < -0.3 is 5.73 Å². The quantitative estimate of drug-likeness (QED) is 0.870. The van der Waals surface area contributed by atoms with Crippen LogP contribution in [0.4, 0.5) is 4.39 Å². The average Bonchev–Trinajstić information content (AvgIpc) is 2.40. The molecule has 0 heterocycles. The molecule has 1 aromatic carbocycles. The van der Waals surface area contributed by atoms with E-state index < -0.39 is 21.4 Å². The summed E-state index contributed by atoms with van der Waals surface area (Å²) in [5.74, 6) is -0.644. The summed E-state index contributed by atoms with van der Waals surface area (Å²) in [5.41, 5.74) is 5.66. The fourth-order valence-electron chi connectivity index (χ4n) is 2.43. The number of nitrogens with one attached hydrogen (secondary N) is 1. The number of sulfonamides is 1. The highest BCUT2D eigenvalue weighted by Crippen LogP contribution is 2.26. The summed E-state index contributed by atoms with van der Waals surface area (Å²) < 4.78 is 40.0. The molecule has 4 nitrogen and oxygen atoms in total. The van der Waals surface area contributed by atoms with Gasteiger partial charge in [-0.25, -0.2) is 17.5 Å². The van der Waals surface area contributed by atoms with Crippen molar-refractivity contribution in [2.24, 2.45) is 5.73 Å². The van der Waals surface area contributed by atoms with Crippen LogP contribution in [0.2, 0.25) is 5.02 Å². The van der Waals surface area contributed by atoms with Crippen LogP contribution in [-0.4, -0.2) is 20.5 Å². The monoisotopic (exact) mass is 356 g/mol. The highest BCUT2D eigenvalue weighted by molar-refractivity contribution is 7.89. The molecule has 1 aliphatic carbocycles. The van der Waals surface area contributed by atoms with E-state index in [0.29, 0.717) is 0 Å². The first-order chi connectivity index (χ1) is 9.32. The Balaban J connectivity index is 0.00000220. The fourth-order valence-corrected chi connectivity index (χ4v) is 4.08. The van der Waals surface area contributed by atoms with Crippen molar-refractivity contribution in [3.63, 3.8) is 0 Å². The fraction of sp³-hybridized carbons (Fsp3) is 0.538. The Hall–Kier alpha value is -0.400. The maximum absolute atomic E-state index is 13.2. The lowest BCUT2D eigenvalue weighted by atomic mass is 9.83. The molecule has 1 aliphatic rings. The predicted octanol–water partition coefficient (Wildman–Crippen LogP) is 2.84. The van der Waals surface area contributed by atoms with E-state index in [9.17, 15) is 12.8 Å². The van der Waals surface area contributed by atoms with Gasteiger partial charge in [-0.1, -0.05) is 30.9 Å². The smallest absolute Gasteiger partial charge is 0.242 e. The van der Waals surface area contributed by atoms with Gasteiger partial charge in [-0.2, -0.15) is 0 Å². The van der Waals surface area contributed by atoms with Crippen LogP contribution in [0.3, 0.4) is 0 Å². The van der Waals surface area contributed by atoms with E-state index >= 15 is 0 Å². The molecule has 1 saturated carbocycles. The van der Waals surface area contributed by atoms with Crippen molar-refractivity contribution >= 4 is 34.0 Å². The molecule has 21 heavy (non-hydrogen) atoms. The molecular weight excluding hydrogens is 338 g/mol. The topological polar surface area (TPSA) is 72.2 Å². The molecule has 0 saturated heterocycles. The van der Waals surface area contributed by atoms with Crippen molar-refractivity contribution in [1.29, 1.82) is 0 Å². The highest BCUT2D eigenvalue weighted by atomic mass is 35.5. The number of halogens is 3. The Labute approximate surface area is 135 Å². The first kappa shape index (κ1) is 18.6. The summed E-state index contributed by atoms with van der Waals surface area (Å²) in [7, 11) is -3.85. The minimum absolute atomic E-state index is 0. The van der Waals surface area contributed by atoms with Crippen molar-refractivity contribution < 1.29 is 12.8 Å². The normalized spacial score (nSPS) is 18.0. The molecule has 0 atom stereocenters. The van der Waals surface area contributed by atoms with Crippen molar-refractivity contribution in [1.82, 2.24) is 4.72 Å². The summed E-state index contributed by atoms with van der Waals surface area (Å²) in [6.45, 7) is 0.141. The van der Waals surface area contributed by atoms with Crippen LogP contribution in [0.1, 0.15) is 32.1 Å². The molecule has 0 unspecified atom stereocenters. The van der Waals surface area contributed by atoms with Crippen LogP contribution in [0, 0.1) is 5.82 Å². The Morgan fingerprint density at radius 3 is 2.52 bits per heavy atom. The Morgan fingerprint density at radius 2 is 1.90 bits per heavy atom. The van der Waals surface area contributed by atoms with E-state index in [-0.39, 0.29) is 28.9 Å². The van der Waals surface area contributed by atoms with Gasteiger partial charge in [-0.05, 0) is 31.0 Å². The van der Waals surface area contributed by atoms with Crippen LogP contribution < -0.4 is 10.5 Å². The van der Waals surface area contributed by atoms with E-state index in [1.807, 2.05) is 0 Å². The third-order valence-corrected chi connectivity index (χ3v) is 5.53. The van der Waals surface area contributed by atoms with E-state index in [1.54, 1.807) is 0 Å². The van der Waals surface area contributed by atoms with Crippen LogP contribution in [0.15, 0.2) is 23.1 Å². The number of hydrogen-bond donors (Lipinski definition) is 2. The summed E-state index contributed by atoms with van der Waals surface area (Å²) >= 11 is 5.82. The molecule has 3 N–H and O–H groups in total. The molecule has 0 bridgehead atoms. The molecule has 1 fully saturated rings. The molecule has 2 rings (SSSR count). The van der Waals surface area contributed by atoms with Crippen LogP contribution in [0.5, 0.6) is 0 Å². The van der Waals surface area contributed by atoms with Gasteiger partial charge in [-0.15, -0.1) is 12.4 Å². The van der Waals surface area contributed by atoms with Crippen molar-refractivity contribution in [2.45, 2.75) is 42.5 Å². The molecule has 8 heteroatoms. The lowest BCUT2D eigenvalue weighted by Crippen LogP contribution is -2.51. The van der Waals surface area contributed by atoms with Crippen LogP contribution in [0.25, 0.3) is 0 Å². The zero-order valence-electron chi connectivity index (χ0n) is 11.4. The number of benzene rings is 1. The molecule has 120 valence electrons. The molecule has 0 amide bonds. The molecule has 0 aliphatic heterocycles. The second-order valence-corrected chi connectivity index (χ2v) is 7.46. The predicted molar refractivity (Wildman–Crippen MR) is 83.8 cm³/mol. The lowest BCUT2D eigenvalue weighted by molar-refractivity contribution is 0.296. The van der Waals surface area contributed by atoms with Gasteiger partial charge in [0.15, 0.2) is 0 Å². The van der Waals surface area contributed by atoms with Gasteiger partial charge in [0.2, 0.25) is 10.0 Å². The summed E-state index contributed by atoms with van der Waals surface area (Å²) in [6.07, 6.45) is 4.69. The molecular formula is C13H19Cl2FN2O2S. The maximum atomic E-state index is 13.2. The maximum Gasteiger partial charge on any atom is 0.242 e. The Bertz CT molecular complexity index is 590. The average molecular weight is 357 g/mol. The van der Waals surface area contributed by atoms with Gasteiger partial charge in [0.05, 0.1) is 5.02 Å². The third-order valence-electron chi connectivity index (χ3n) is 3.65. The van der Waals surface area contributed by atoms with Crippen molar-refractivity contribution in [3.8, 4) is 0 Å². The summed E-state index contributed by atoms with van der Waals surface area (Å²) in [5, 5.41) is -0.00591.